The van der Waals surface area contributed by atoms with Crippen molar-refractivity contribution in [2.45, 2.75) is 33.7 Å². The Morgan fingerprint density at radius 3 is 2.79 bits per heavy atom. The van der Waals surface area contributed by atoms with Crippen LogP contribution in [0.4, 0.5) is 4.79 Å². The van der Waals surface area contributed by atoms with Crippen LogP contribution in [0.3, 0.4) is 0 Å². The maximum atomic E-state index is 11.5. The highest BCUT2D eigenvalue weighted by molar-refractivity contribution is 5.70. The molecule has 0 radical (unpaired) electrons. The zero-order valence-corrected chi connectivity index (χ0v) is 9.20. The second kappa shape index (κ2) is 4.31. The first kappa shape index (κ1) is 10.8. The second-order valence-corrected chi connectivity index (χ2v) is 3.54. The van der Waals surface area contributed by atoms with Crippen molar-refractivity contribution in [2.24, 2.45) is 0 Å². The average Bonchev–Trinajstić information content (AvgIpc) is 2.11. The first-order chi connectivity index (χ1) is 6.56. The number of allylic oxidation sites excluding steroid dienone is 2. The number of carbonyl (C=O) groups is 1. The summed E-state index contributed by atoms with van der Waals surface area (Å²) in [6.07, 6.45) is 3.64. The summed E-state index contributed by atoms with van der Waals surface area (Å²) >= 11 is 0. The van der Waals surface area contributed by atoms with Gasteiger partial charge in [-0.25, -0.2) is 4.79 Å². The summed E-state index contributed by atoms with van der Waals surface area (Å²) in [4.78, 5) is 13.2. The van der Waals surface area contributed by atoms with Gasteiger partial charge in [-0.3, -0.25) is 4.90 Å². The van der Waals surface area contributed by atoms with Gasteiger partial charge in [0.05, 0.1) is 12.6 Å². The SMILES string of the molecule is CCOC(=O)N1C=C(C)C=C(C)C1C. The fourth-order valence-corrected chi connectivity index (χ4v) is 1.48. The summed E-state index contributed by atoms with van der Waals surface area (Å²) in [6, 6.07) is 0.0951. The Hall–Kier alpha value is -1.25. The second-order valence-electron chi connectivity index (χ2n) is 3.54. The highest BCUT2D eigenvalue weighted by Gasteiger charge is 2.23. The number of nitrogens with zero attached hydrogens (tertiary/aromatic N) is 1. The molecular weight excluding hydrogens is 178 g/mol. The Morgan fingerprint density at radius 1 is 1.57 bits per heavy atom. The molecule has 1 aliphatic heterocycles. The van der Waals surface area contributed by atoms with E-state index in [1.165, 1.54) is 5.57 Å². The van der Waals surface area contributed by atoms with Gasteiger partial charge in [0.1, 0.15) is 0 Å². The van der Waals surface area contributed by atoms with E-state index in [0.29, 0.717) is 6.61 Å². The summed E-state index contributed by atoms with van der Waals surface area (Å²) in [5, 5.41) is 0. The van der Waals surface area contributed by atoms with E-state index in [1.807, 2.05) is 33.9 Å². The molecule has 1 rings (SSSR count). The Labute approximate surface area is 85.0 Å². The molecule has 1 atom stereocenters. The van der Waals surface area contributed by atoms with Gasteiger partial charge in [-0.05, 0) is 33.3 Å². The lowest BCUT2D eigenvalue weighted by Gasteiger charge is -2.29. The summed E-state index contributed by atoms with van der Waals surface area (Å²) in [5.74, 6) is 0. The zero-order valence-electron chi connectivity index (χ0n) is 9.20. The van der Waals surface area contributed by atoms with E-state index in [1.54, 1.807) is 4.90 Å². The van der Waals surface area contributed by atoms with Crippen LogP contribution < -0.4 is 0 Å². The van der Waals surface area contributed by atoms with Crippen molar-refractivity contribution in [3.8, 4) is 0 Å². The van der Waals surface area contributed by atoms with Crippen LogP contribution in [-0.2, 0) is 4.74 Å². The molecule has 14 heavy (non-hydrogen) atoms. The minimum Gasteiger partial charge on any atom is -0.449 e. The lowest BCUT2D eigenvalue weighted by molar-refractivity contribution is 0.115. The maximum absolute atomic E-state index is 11.5. The van der Waals surface area contributed by atoms with Crippen LogP contribution in [0, 0.1) is 0 Å². The fourth-order valence-electron chi connectivity index (χ4n) is 1.48. The Bertz CT molecular complexity index is 292. The number of carbonyl (C=O) groups excluding carboxylic acids is 1. The Morgan fingerprint density at radius 2 is 2.21 bits per heavy atom. The van der Waals surface area contributed by atoms with Gasteiger partial charge in [0.25, 0.3) is 0 Å². The molecule has 3 nitrogen and oxygen atoms in total. The van der Waals surface area contributed by atoms with E-state index in [9.17, 15) is 4.79 Å². The molecule has 78 valence electrons. The molecule has 0 aromatic carbocycles. The predicted octanol–water partition coefficient (Wildman–Crippen LogP) is 2.70. The van der Waals surface area contributed by atoms with Crippen LogP contribution in [0.25, 0.3) is 0 Å². The van der Waals surface area contributed by atoms with Gasteiger partial charge in [0.15, 0.2) is 0 Å². The summed E-state index contributed by atoms with van der Waals surface area (Å²) in [6.45, 7) is 8.21. The molecule has 1 unspecified atom stereocenters. The highest BCUT2D eigenvalue weighted by atomic mass is 16.6. The first-order valence-electron chi connectivity index (χ1n) is 4.88. The largest absolute Gasteiger partial charge is 0.449 e. The van der Waals surface area contributed by atoms with Crippen molar-refractivity contribution in [1.29, 1.82) is 0 Å². The Balaban J connectivity index is 2.80. The van der Waals surface area contributed by atoms with Crippen molar-refractivity contribution in [1.82, 2.24) is 4.90 Å². The van der Waals surface area contributed by atoms with Crippen molar-refractivity contribution >= 4 is 6.09 Å². The number of amides is 1. The number of rotatable bonds is 1. The van der Waals surface area contributed by atoms with Crippen LogP contribution >= 0.6 is 0 Å². The minimum atomic E-state index is -0.271. The van der Waals surface area contributed by atoms with Crippen molar-refractivity contribution in [3.63, 3.8) is 0 Å². The molecule has 0 bridgehead atoms. The molecule has 3 heteroatoms. The van der Waals surface area contributed by atoms with E-state index in [0.717, 1.165) is 5.57 Å². The van der Waals surface area contributed by atoms with E-state index < -0.39 is 0 Å². The average molecular weight is 195 g/mol. The van der Waals surface area contributed by atoms with Gasteiger partial charge in [-0.2, -0.15) is 0 Å². The summed E-state index contributed by atoms with van der Waals surface area (Å²) in [5.41, 5.74) is 2.26. The molecule has 0 fully saturated rings. The van der Waals surface area contributed by atoms with Crippen LogP contribution in [-0.4, -0.2) is 23.6 Å². The lowest BCUT2D eigenvalue weighted by atomic mass is 10.0. The zero-order chi connectivity index (χ0) is 10.7. The van der Waals surface area contributed by atoms with Crippen LogP contribution in [0.1, 0.15) is 27.7 Å². The molecule has 0 saturated heterocycles. The smallest absolute Gasteiger partial charge is 0.414 e. The number of hydrogen-bond acceptors (Lipinski definition) is 2. The highest BCUT2D eigenvalue weighted by Crippen LogP contribution is 2.20. The molecule has 1 aliphatic rings. The monoisotopic (exact) mass is 195 g/mol. The molecule has 0 aromatic heterocycles. The standard InChI is InChI=1S/C11H17NO2/c1-5-14-11(13)12-7-8(2)6-9(3)10(12)4/h6-7,10H,5H2,1-4H3. The van der Waals surface area contributed by atoms with Crippen molar-refractivity contribution in [3.05, 3.63) is 23.4 Å². The quantitative estimate of drug-likeness (QED) is 0.643. The predicted molar refractivity (Wildman–Crippen MR) is 55.8 cm³/mol. The minimum absolute atomic E-state index is 0.0951. The van der Waals surface area contributed by atoms with Crippen LogP contribution in [0.5, 0.6) is 0 Å². The van der Waals surface area contributed by atoms with Gasteiger partial charge >= 0.3 is 6.09 Å². The summed E-state index contributed by atoms with van der Waals surface area (Å²) < 4.78 is 4.96. The van der Waals surface area contributed by atoms with E-state index >= 15 is 0 Å². The molecule has 0 saturated carbocycles. The molecule has 0 aromatic rings. The van der Waals surface area contributed by atoms with E-state index in [-0.39, 0.29) is 12.1 Å². The third-order valence-electron chi connectivity index (χ3n) is 2.35. The molecular formula is C11H17NO2. The fraction of sp³-hybridized carbons (Fsp3) is 0.545. The maximum Gasteiger partial charge on any atom is 0.414 e. The van der Waals surface area contributed by atoms with Crippen molar-refractivity contribution < 1.29 is 9.53 Å². The number of hydrogen-bond donors (Lipinski definition) is 0. The third-order valence-corrected chi connectivity index (χ3v) is 2.35. The third kappa shape index (κ3) is 2.16. The summed E-state index contributed by atoms with van der Waals surface area (Å²) in [7, 11) is 0. The lowest BCUT2D eigenvalue weighted by Crippen LogP contribution is -2.37. The molecule has 0 N–H and O–H groups in total. The van der Waals surface area contributed by atoms with Gasteiger partial charge < -0.3 is 4.74 Å². The van der Waals surface area contributed by atoms with Gasteiger partial charge in [-0.1, -0.05) is 11.6 Å². The Kier molecular flexibility index (Phi) is 3.33. The van der Waals surface area contributed by atoms with Gasteiger partial charge in [-0.15, -0.1) is 0 Å². The van der Waals surface area contributed by atoms with E-state index in [2.05, 4.69) is 6.08 Å². The van der Waals surface area contributed by atoms with Crippen LogP contribution in [0.2, 0.25) is 0 Å². The topological polar surface area (TPSA) is 29.5 Å². The normalized spacial score (nSPS) is 21.4. The van der Waals surface area contributed by atoms with E-state index in [4.69, 9.17) is 4.74 Å². The number of ether oxygens (including phenoxy) is 1. The molecule has 0 aliphatic carbocycles. The van der Waals surface area contributed by atoms with Gasteiger partial charge in [0, 0.05) is 6.20 Å². The molecule has 1 heterocycles. The van der Waals surface area contributed by atoms with Crippen LogP contribution in [0.15, 0.2) is 23.4 Å². The van der Waals surface area contributed by atoms with Gasteiger partial charge in [0.2, 0.25) is 0 Å². The molecule has 0 spiro atoms. The molecule has 1 amide bonds. The van der Waals surface area contributed by atoms with Crippen molar-refractivity contribution in [2.75, 3.05) is 6.61 Å². The first-order valence-corrected chi connectivity index (χ1v) is 4.88.